The summed E-state index contributed by atoms with van der Waals surface area (Å²) in [5, 5.41) is 3.53. The quantitative estimate of drug-likeness (QED) is 0.918. The minimum absolute atomic E-state index is 0.0745. The molecule has 1 N–H and O–H groups in total. The number of rotatable bonds is 3. The Bertz CT molecular complexity index is 599. The van der Waals surface area contributed by atoms with Gasteiger partial charge in [-0.25, -0.2) is 4.39 Å². The normalized spacial score (nSPS) is 19.4. The van der Waals surface area contributed by atoms with Crippen LogP contribution in [0.1, 0.15) is 35.7 Å². The highest BCUT2D eigenvalue weighted by Crippen LogP contribution is 2.27. The molecule has 0 aliphatic carbocycles. The first kappa shape index (κ1) is 13.3. The van der Waals surface area contributed by atoms with Gasteiger partial charge in [0, 0.05) is 6.04 Å². The van der Waals surface area contributed by atoms with Gasteiger partial charge in [-0.1, -0.05) is 36.4 Å². The highest BCUT2D eigenvalue weighted by atomic mass is 19.1. The molecule has 0 fully saturated rings. The highest BCUT2D eigenvalue weighted by molar-refractivity contribution is 5.31. The van der Waals surface area contributed by atoms with E-state index in [0.29, 0.717) is 13.2 Å². The van der Waals surface area contributed by atoms with Crippen molar-refractivity contribution in [2.24, 2.45) is 0 Å². The summed E-state index contributed by atoms with van der Waals surface area (Å²) in [5.41, 5.74) is 3.46. The molecule has 1 heterocycles. The summed E-state index contributed by atoms with van der Waals surface area (Å²) in [6, 6.07) is 15.3. The van der Waals surface area contributed by atoms with Crippen molar-refractivity contribution in [3.05, 3.63) is 71.0 Å². The van der Waals surface area contributed by atoms with Gasteiger partial charge in [0.05, 0.1) is 19.3 Å². The van der Waals surface area contributed by atoms with Gasteiger partial charge in [0.25, 0.3) is 0 Å². The Morgan fingerprint density at radius 1 is 1.20 bits per heavy atom. The monoisotopic (exact) mass is 271 g/mol. The van der Waals surface area contributed by atoms with Crippen LogP contribution in [0.25, 0.3) is 0 Å². The maximum atomic E-state index is 13.3. The molecule has 0 saturated carbocycles. The Balaban J connectivity index is 1.79. The predicted octanol–water partition coefficient (Wildman–Crippen LogP) is 3.75. The van der Waals surface area contributed by atoms with Crippen LogP contribution >= 0.6 is 0 Å². The Hall–Kier alpha value is -1.71. The Morgan fingerprint density at radius 2 is 2.05 bits per heavy atom. The van der Waals surface area contributed by atoms with E-state index in [1.807, 2.05) is 25.1 Å². The third kappa shape index (κ3) is 2.74. The fourth-order valence-electron chi connectivity index (χ4n) is 2.69. The second kappa shape index (κ2) is 5.73. The molecule has 0 saturated heterocycles. The number of hydrogen-bond acceptors (Lipinski definition) is 2. The van der Waals surface area contributed by atoms with E-state index >= 15 is 0 Å². The van der Waals surface area contributed by atoms with Crippen LogP contribution in [0.3, 0.4) is 0 Å². The van der Waals surface area contributed by atoms with Gasteiger partial charge in [0.2, 0.25) is 0 Å². The van der Waals surface area contributed by atoms with Crippen LogP contribution in [0.2, 0.25) is 0 Å². The zero-order valence-electron chi connectivity index (χ0n) is 11.5. The minimum Gasteiger partial charge on any atom is -0.375 e. The van der Waals surface area contributed by atoms with Crippen LogP contribution in [0.5, 0.6) is 0 Å². The zero-order valence-corrected chi connectivity index (χ0v) is 11.5. The van der Waals surface area contributed by atoms with E-state index in [4.69, 9.17) is 4.74 Å². The van der Waals surface area contributed by atoms with Gasteiger partial charge >= 0.3 is 0 Å². The topological polar surface area (TPSA) is 21.3 Å². The summed E-state index contributed by atoms with van der Waals surface area (Å²) in [6.45, 7) is 3.37. The van der Waals surface area contributed by atoms with Gasteiger partial charge in [-0.05, 0) is 35.7 Å². The number of nitrogens with one attached hydrogen (secondary N) is 1. The standard InChI is InChI=1S/C17H18FNO/c1-12(13-6-4-7-15(18)9-13)19-17-11-20-10-14-5-2-3-8-16(14)17/h2-9,12,17,19H,10-11H2,1H3. The van der Waals surface area contributed by atoms with E-state index in [-0.39, 0.29) is 17.9 Å². The van der Waals surface area contributed by atoms with Crippen molar-refractivity contribution >= 4 is 0 Å². The largest absolute Gasteiger partial charge is 0.375 e. The Morgan fingerprint density at radius 3 is 2.90 bits per heavy atom. The van der Waals surface area contributed by atoms with Crippen LogP contribution in [0.4, 0.5) is 4.39 Å². The maximum absolute atomic E-state index is 13.3. The van der Waals surface area contributed by atoms with Gasteiger partial charge in [0.15, 0.2) is 0 Å². The molecule has 2 aromatic carbocycles. The lowest BCUT2D eigenvalue weighted by molar-refractivity contribution is 0.0791. The first-order valence-electron chi connectivity index (χ1n) is 6.91. The maximum Gasteiger partial charge on any atom is 0.123 e. The van der Waals surface area contributed by atoms with Gasteiger partial charge < -0.3 is 10.1 Å². The lowest BCUT2D eigenvalue weighted by Crippen LogP contribution is -2.31. The molecular formula is C17H18FNO. The van der Waals surface area contributed by atoms with Crippen molar-refractivity contribution in [3.63, 3.8) is 0 Å². The lowest BCUT2D eigenvalue weighted by Gasteiger charge is -2.29. The van der Waals surface area contributed by atoms with Crippen molar-refractivity contribution in [1.82, 2.24) is 5.32 Å². The number of fused-ring (bicyclic) bond motifs is 1. The third-order valence-electron chi connectivity index (χ3n) is 3.77. The molecule has 0 radical (unpaired) electrons. The van der Waals surface area contributed by atoms with Gasteiger partial charge in [-0.15, -0.1) is 0 Å². The van der Waals surface area contributed by atoms with E-state index < -0.39 is 0 Å². The molecular weight excluding hydrogens is 253 g/mol. The van der Waals surface area contributed by atoms with Crippen molar-refractivity contribution in [3.8, 4) is 0 Å². The molecule has 3 heteroatoms. The second-order valence-corrected chi connectivity index (χ2v) is 5.21. The van der Waals surface area contributed by atoms with Crippen LogP contribution < -0.4 is 5.32 Å². The molecule has 0 aromatic heterocycles. The SMILES string of the molecule is CC(NC1COCc2ccccc21)c1cccc(F)c1. The third-order valence-corrected chi connectivity index (χ3v) is 3.77. The summed E-state index contributed by atoms with van der Waals surface area (Å²) in [7, 11) is 0. The molecule has 104 valence electrons. The first-order chi connectivity index (χ1) is 9.74. The van der Waals surface area contributed by atoms with Crippen molar-refractivity contribution < 1.29 is 9.13 Å². The lowest BCUT2D eigenvalue weighted by atomic mass is 9.97. The van der Waals surface area contributed by atoms with Crippen molar-refractivity contribution in [2.75, 3.05) is 6.61 Å². The van der Waals surface area contributed by atoms with Crippen LogP contribution in [0, 0.1) is 5.82 Å². The molecule has 3 rings (SSSR count). The van der Waals surface area contributed by atoms with Crippen molar-refractivity contribution in [2.45, 2.75) is 25.6 Å². The second-order valence-electron chi connectivity index (χ2n) is 5.21. The van der Waals surface area contributed by atoms with Gasteiger partial charge in [0.1, 0.15) is 5.82 Å². The van der Waals surface area contributed by atoms with E-state index in [0.717, 1.165) is 5.56 Å². The first-order valence-corrected chi connectivity index (χ1v) is 6.91. The van der Waals surface area contributed by atoms with Gasteiger partial charge in [-0.2, -0.15) is 0 Å². The van der Waals surface area contributed by atoms with E-state index in [1.54, 1.807) is 12.1 Å². The molecule has 0 bridgehead atoms. The molecule has 2 atom stereocenters. The Kier molecular flexibility index (Phi) is 3.81. The number of benzene rings is 2. The highest BCUT2D eigenvalue weighted by Gasteiger charge is 2.22. The average molecular weight is 271 g/mol. The molecule has 1 aliphatic heterocycles. The summed E-state index contributed by atoms with van der Waals surface area (Å²) >= 11 is 0. The van der Waals surface area contributed by atoms with Gasteiger partial charge in [-0.3, -0.25) is 0 Å². The molecule has 2 nitrogen and oxygen atoms in total. The molecule has 20 heavy (non-hydrogen) atoms. The van der Waals surface area contributed by atoms with Crippen LogP contribution in [-0.4, -0.2) is 6.61 Å². The van der Waals surface area contributed by atoms with Crippen LogP contribution in [0.15, 0.2) is 48.5 Å². The molecule has 0 spiro atoms. The van der Waals surface area contributed by atoms with E-state index in [9.17, 15) is 4.39 Å². The molecule has 2 unspecified atom stereocenters. The molecule has 0 amide bonds. The fourth-order valence-corrected chi connectivity index (χ4v) is 2.69. The summed E-state index contributed by atoms with van der Waals surface area (Å²) in [5.74, 6) is -0.198. The molecule has 1 aliphatic rings. The van der Waals surface area contributed by atoms with Crippen LogP contribution in [-0.2, 0) is 11.3 Å². The summed E-state index contributed by atoms with van der Waals surface area (Å²) < 4.78 is 18.9. The smallest absolute Gasteiger partial charge is 0.123 e. The summed E-state index contributed by atoms with van der Waals surface area (Å²) in [6.07, 6.45) is 0. The number of hydrogen-bond donors (Lipinski definition) is 1. The number of halogens is 1. The average Bonchev–Trinajstić information content (AvgIpc) is 2.47. The zero-order chi connectivity index (χ0) is 13.9. The molecule has 2 aromatic rings. The predicted molar refractivity (Wildman–Crippen MR) is 76.8 cm³/mol. The van der Waals surface area contributed by atoms with E-state index in [2.05, 4.69) is 17.4 Å². The van der Waals surface area contributed by atoms with E-state index in [1.165, 1.54) is 17.2 Å². The number of ether oxygens (including phenoxy) is 1. The Labute approximate surface area is 118 Å². The van der Waals surface area contributed by atoms with Crippen molar-refractivity contribution in [1.29, 1.82) is 0 Å². The summed E-state index contributed by atoms with van der Waals surface area (Å²) in [4.78, 5) is 0. The minimum atomic E-state index is -0.198. The fraction of sp³-hybridized carbons (Fsp3) is 0.294.